The number of carbonyl (C=O) groups excluding carboxylic acids is 2. The zero-order valence-corrected chi connectivity index (χ0v) is 25.1. The van der Waals surface area contributed by atoms with E-state index >= 15 is 0 Å². The lowest BCUT2D eigenvalue weighted by atomic mass is 9.78. The molecule has 0 unspecified atom stereocenters. The molecule has 0 atom stereocenters. The van der Waals surface area contributed by atoms with Gasteiger partial charge in [0.25, 0.3) is 5.91 Å². The number of nitrogens with zero attached hydrogens (tertiary/aromatic N) is 1. The number of hydrogen-bond donors (Lipinski definition) is 0. The van der Waals surface area contributed by atoms with Gasteiger partial charge in [-0.2, -0.15) is 0 Å². The molecular weight excluding hydrogens is 521 g/mol. The lowest BCUT2D eigenvalue weighted by Gasteiger charge is -2.32. The topological polar surface area (TPSA) is 83.5 Å². The van der Waals surface area contributed by atoms with Gasteiger partial charge in [-0.3, -0.25) is 9.59 Å². The summed E-state index contributed by atoms with van der Waals surface area (Å²) in [7, 11) is 2.44. The summed E-state index contributed by atoms with van der Waals surface area (Å²) >= 11 is 6.69. The number of para-hydroxylation sites is 2. The Morgan fingerprint density at radius 2 is 1.64 bits per heavy atom. The Bertz CT molecular complexity index is 1190. The van der Waals surface area contributed by atoms with E-state index in [4.69, 9.17) is 35.1 Å². The van der Waals surface area contributed by atoms with E-state index in [-0.39, 0.29) is 36.2 Å². The van der Waals surface area contributed by atoms with Gasteiger partial charge >= 0.3 is 13.1 Å². The quantitative estimate of drug-likeness (QED) is 0.230. The van der Waals surface area contributed by atoms with Crippen molar-refractivity contribution in [2.75, 3.05) is 25.7 Å². The van der Waals surface area contributed by atoms with Crippen LogP contribution < -0.4 is 19.8 Å². The van der Waals surface area contributed by atoms with Crippen molar-refractivity contribution >= 4 is 41.7 Å². The molecule has 3 rings (SSSR count). The summed E-state index contributed by atoms with van der Waals surface area (Å²) in [6.07, 6.45) is 0.586. The fraction of sp³-hybridized carbons (Fsp3) is 0.517. The first kappa shape index (κ1) is 30.8. The summed E-state index contributed by atoms with van der Waals surface area (Å²) in [4.78, 5) is 27.4. The minimum atomic E-state index is -0.771. The second-order valence-corrected chi connectivity index (χ2v) is 11.9. The van der Waals surface area contributed by atoms with E-state index < -0.39 is 23.9 Å². The van der Waals surface area contributed by atoms with E-state index in [0.29, 0.717) is 28.3 Å². The molecule has 0 N–H and O–H groups in total. The average molecular weight is 560 g/mol. The maximum Gasteiger partial charge on any atom is 0.496 e. The average Bonchev–Trinajstić information content (AvgIpc) is 3.06. The third kappa shape index (κ3) is 7.27. The molecule has 1 aliphatic rings. The van der Waals surface area contributed by atoms with Crippen molar-refractivity contribution in [1.29, 1.82) is 0 Å². The zero-order valence-electron chi connectivity index (χ0n) is 24.3. The first-order valence-corrected chi connectivity index (χ1v) is 13.4. The molecule has 1 aliphatic heterocycles. The maximum absolute atomic E-state index is 13.9. The molecule has 8 nitrogen and oxygen atoms in total. The number of carbonyl (C=O) groups is 2. The molecule has 10 heteroatoms. The summed E-state index contributed by atoms with van der Waals surface area (Å²) in [5.41, 5.74) is -0.347. The van der Waals surface area contributed by atoms with Gasteiger partial charge in [0.15, 0.2) is 0 Å². The first-order chi connectivity index (χ1) is 18.1. The molecule has 212 valence electrons. The molecule has 0 aliphatic carbocycles. The van der Waals surface area contributed by atoms with Crippen molar-refractivity contribution in [2.45, 2.75) is 78.1 Å². The highest BCUT2D eigenvalue weighted by Gasteiger charge is 2.52. The molecule has 1 fully saturated rings. The summed E-state index contributed by atoms with van der Waals surface area (Å²) < 4.78 is 29.2. The highest BCUT2D eigenvalue weighted by Crippen LogP contribution is 2.38. The summed E-state index contributed by atoms with van der Waals surface area (Å²) in [5.74, 6) is 0.188. The second-order valence-electron chi connectivity index (χ2n) is 11.5. The molecule has 2 aromatic carbocycles. The third-order valence-corrected chi connectivity index (χ3v) is 7.12. The largest absolute Gasteiger partial charge is 0.496 e. The monoisotopic (exact) mass is 559 g/mol. The van der Waals surface area contributed by atoms with Gasteiger partial charge in [-0.15, -0.1) is 0 Å². The van der Waals surface area contributed by atoms with Crippen molar-refractivity contribution in [2.24, 2.45) is 0 Å². The summed E-state index contributed by atoms with van der Waals surface area (Å²) in [6, 6.07) is 10.5. The Morgan fingerprint density at radius 3 is 2.23 bits per heavy atom. The second kappa shape index (κ2) is 11.8. The highest BCUT2D eigenvalue weighted by atomic mass is 35.5. The van der Waals surface area contributed by atoms with Gasteiger partial charge in [0.1, 0.15) is 17.1 Å². The van der Waals surface area contributed by atoms with Crippen molar-refractivity contribution in [3.63, 3.8) is 0 Å². The first-order valence-electron chi connectivity index (χ1n) is 13.0. The fourth-order valence-electron chi connectivity index (χ4n) is 4.00. The number of benzene rings is 2. The predicted molar refractivity (Wildman–Crippen MR) is 153 cm³/mol. The van der Waals surface area contributed by atoms with Gasteiger partial charge in [-0.25, -0.2) is 0 Å². The van der Waals surface area contributed by atoms with E-state index in [0.717, 1.165) is 0 Å². The number of esters is 1. The molecule has 0 spiro atoms. The van der Waals surface area contributed by atoms with E-state index in [1.54, 1.807) is 38.4 Å². The highest BCUT2D eigenvalue weighted by molar-refractivity contribution is 6.65. The van der Waals surface area contributed by atoms with Crippen molar-refractivity contribution in [3.05, 3.63) is 47.0 Å². The van der Waals surface area contributed by atoms with Crippen LogP contribution in [0.1, 0.15) is 71.7 Å². The molecular formula is C29H39BClNO7. The van der Waals surface area contributed by atoms with Crippen LogP contribution in [0.25, 0.3) is 0 Å². The van der Waals surface area contributed by atoms with Crippen LogP contribution in [0.3, 0.4) is 0 Å². The van der Waals surface area contributed by atoms with Crippen LogP contribution in [0.4, 0.5) is 5.69 Å². The number of amides is 1. The number of ether oxygens (including phenoxy) is 3. The standard InChI is InChI=1S/C29H39BClNO7/c1-27(2,3)37-25(33)15-12-16-36-24-18-21(31)20(30-38-28(4,5)29(6,7)39-30)17-19(24)26(34)32(8)22-13-10-11-14-23(22)35-9/h10-11,13-14,17-18H,12,15-16H2,1-9H3. The van der Waals surface area contributed by atoms with Gasteiger partial charge in [-0.1, -0.05) is 23.7 Å². The van der Waals surface area contributed by atoms with Gasteiger partial charge < -0.3 is 28.4 Å². The van der Waals surface area contributed by atoms with Crippen LogP contribution in [0.5, 0.6) is 11.5 Å². The third-order valence-electron chi connectivity index (χ3n) is 6.79. The van der Waals surface area contributed by atoms with Crippen LogP contribution in [-0.2, 0) is 18.8 Å². The SMILES string of the molecule is COc1ccccc1N(C)C(=O)c1cc(B2OC(C)(C)C(C)(C)O2)c(Cl)cc1OCCCC(=O)OC(C)(C)C. The Balaban J connectivity index is 1.92. The van der Waals surface area contributed by atoms with Gasteiger partial charge in [0.05, 0.1) is 36.2 Å². The molecule has 0 radical (unpaired) electrons. The van der Waals surface area contributed by atoms with Crippen LogP contribution in [0, 0.1) is 0 Å². The maximum atomic E-state index is 13.9. The van der Waals surface area contributed by atoms with Gasteiger partial charge in [0, 0.05) is 24.0 Å². The normalized spacial score (nSPS) is 16.1. The van der Waals surface area contributed by atoms with Crippen molar-refractivity contribution < 1.29 is 33.1 Å². The van der Waals surface area contributed by atoms with E-state index in [2.05, 4.69) is 0 Å². The Labute approximate surface area is 237 Å². The fourth-order valence-corrected chi connectivity index (χ4v) is 4.24. The lowest BCUT2D eigenvalue weighted by Crippen LogP contribution is -2.41. The van der Waals surface area contributed by atoms with Gasteiger partial charge in [-0.05, 0) is 79.2 Å². The van der Waals surface area contributed by atoms with Crippen molar-refractivity contribution in [1.82, 2.24) is 0 Å². The van der Waals surface area contributed by atoms with Crippen LogP contribution in [-0.4, -0.2) is 56.6 Å². The zero-order chi connectivity index (χ0) is 29.2. The number of methoxy groups -OCH3 is 1. The Morgan fingerprint density at radius 1 is 1.03 bits per heavy atom. The van der Waals surface area contributed by atoms with E-state index in [1.807, 2.05) is 60.6 Å². The molecule has 1 saturated heterocycles. The predicted octanol–water partition coefficient (Wildman–Crippen LogP) is 5.43. The molecule has 0 bridgehead atoms. The minimum Gasteiger partial charge on any atom is -0.495 e. The molecule has 39 heavy (non-hydrogen) atoms. The van der Waals surface area contributed by atoms with Crippen LogP contribution >= 0.6 is 11.6 Å². The Kier molecular flexibility index (Phi) is 9.30. The molecule has 1 amide bonds. The number of halogens is 1. The van der Waals surface area contributed by atoms with E-state index in [9.17, 15) is 9.59 Å². The van der Waals surface area contributed by atoms with Crippen LogP contribution in [0.15, 0.2) is 36.4 Å². The smallest absolute Gasteiger partial charge is 0.495 e. The summed E-state index contributed by atoms with van der Waals surface area (Å²) in [6.45, 7) is 13.4. The van der Waals surface area contributed by atoms with E-state index in [1.165, 1.54) is 4.90 Å². The van der Waals surface area contributed by atoms with Gasteiger partial charge in [0.2, 0.25) is 0 Å². The van der Waals surface area contributed by atoms with Crippen molar-refractivity contribution in [3.8, 4) is 11.5 Å². The lowest BCUT2D eigenvalue weighted by molar-refractivity contribution is -0.155. The molecule has 1 heterocycles. The molecule has 2 aromatic rings. The number of rotatable bonds is 9. The molecule has 0 aromatic heterocycles. The molecule has 0 saturated carbocycles. The number of anilines is 1. The Hall–Kier alpha value is -2.75. The summed E-state index contributed by atoms with van der Waals surface area (Å²) in [5, 5.41) is 0.340. The number of hydrogen-bond acceptors (Lipinski definition) is 7. The minimum absolute atomic E-state index is 0.182. The van der Waals surface area contributed by atoms with Crippen LogP contribution in [0.2, 0.25) is 5.02 Å².